The van der Waals surface area contributed by atoms with Crippen LogP contribution in [0, 0.1) is 17.2 Å². The van der Waals surface area contributed by atoms with E-state index in [0.29, 0.717) is 22.2 Å². The van der Waals surface area contributed by atoms with E-state index in [1.54, 1.807) is 13.2 Å². The lowest BCUT2D eigenvalue weighted by Crippen LogP contribution is -2.10. The summed E-state index contributed by atoms with van der Waals surface area (Å²) in [5.74, 6) is 1.10. The summed E-state index contributed by atoms with van der Waals surface area (Å²) in [4.78, 5) is 13.5. The van der Waals surface area contributed by atoms with Gasteiger partial charge in [-0.1, -0.05) is 25.1 Å². The summed E-state index contributed by atoms with van der Waals surface area (Å²) in [6.07, 6.45) is 6.19. The number of carbonyl (C=O) groups excluding carboxylic acids is 1. The van der Waals surface area contributed by atoms with Gasteiger partial charge >= 0.3 is 0 Å². The molecule has 5 heteroatoms. The van der Waals surface area contributed by atoms with E-state index in [1.165, 1.54) is 22.3 Å². The quantitative estimate of drug-likeness (QED) is 0.829. The van der Waals surface area contributed by atoms with E-state index in [9.17, 15) is 10.1 Å². The molecule has 1 amide bonds. The Morgan fingerprint density at radius 3 is 3.00 bits per heavy atom. The van der Waals surface area contributed by atoms with Crippen molar-refractivity contribution in [3.63, 3.8) is 0 Å². The van der Waals surface area contributed by atoms with Gasteiger partial charge in [0.1, 0.15) is 16.8 Å². The smallest absolute Gasteiger partial charge is 0.249 e. The molecule has 0 aliphatic heterocycles. The topological polar surface area (TPSA) is 62.1 Å². The molecule has 0 saturated heterocycles. The molecule has 0 fully saturated rings. The van der Waals surface area contributed by atoms with Crippen molar-refractivity contribution in [3.8, 4) is 11.8 Å². The fraction of sp³-hybridized carbons (Fsp3) is 0.300. The van der Waals surface area contributed by atoms with Gasteiger partial charge < -0.3 is 10.1 Å². The summed E-state index contributed by atoms with van der Waals surface area (Å²) in [5, 5.41) is 13.0. The lowest BCUT2D eigenvalue weighted by atomic mass is 9.89. The van der Waals surface area contributed by atoms with Crippen molar-refractivity contribution in [1.82, 2.24) is 0 Å². The monoisotopic (exact) mass is 352 g/mol. The second-order valence-corrected chi connectivity index (χ2v) is 7.34. The fourth-order valence-electron chi connectivity index (χ4n) is 3.08. The Balaban J connectivity index is 1.78. The van der Waals surface area contributed by atoms with Crippen molar-refractivity contribution >= 4 is 28.3 Å². The molecule has 1 atom stereocenters. The van der Waals surface area contributed by atoms with Crippen molar-refractivity contribution in [1.29, 1.82) is 5.26 Å². The SMILES string of the molecule is COc1ccccc1/C=C/C(=O)Nc1sc2c(c1C#N)CC[C@@H](C)C2. The molecule has 1 aliphatic rings. The van der Waals surface area contributed by atoms with Gasteiger partial charge in [0, 0.05) is 16.5 Å². The van der Waals surface area contributed by atoms with Crippen molar-refractivity contribution in [2.75, 3.05) is 12.4 Å². The number of amides is 1. The number of thiophene rings is 1. The average Bonchev–Trinajstić information content (AvgIpc) is 2.95. The van der Waals surface area contributed by atoms with E-state index in [0.717, 1.165) is 30.4 Å². The van der Waals surface area contributed by atoms with Crippen LogP contribution in [-0.4, -0.2) is 13.0 Å². The van der Waals surface area contributed by atoms with E-state index < -0.39 is 0 Å². The Labute approximate surface area is 151 Å². The molecule has 128 valence electrons. The molecule has 1 aromatic heterocycles. The number of hydrogen-bond acceptors (Lipinski definition) is 4. The molecular weight excluding hydrogens is 332 g/mol. The highest BCUT2D eigenvalue weighted by molar-refractivity contribution is 7.16. The first-order valence-corrected chi connectivity index (χ1v) is 9.10. The minimum absolute atomic E-state index is 0.242. The Bertz CT molecular complexity index is 861. The van der Waals surface area contributed by atoms with E-state index in [4.69, 9.17) is 4.74 Å². The number of anilines is 1. The predicted molar refractivity (Wildman–Crippen MR) is 101 cm³/mol. The number of nitriles is 1. The predicted octanol–water partition coefficient (Wildman–Crippen LogP) is 4.41. The molecule has 0 unspecified atom stereocenters. The van der Waals surface area contributed by atoms with Crippen LogP contribution >= 0.6 is 11.3 Å². The molecule has 1 N–H and O–H groups in total. The van der Waals surface area contributed by atoms with Crippen LogP contribution in [0.1, 0.15) is 34.9 Å². The normalized spacial score (nSPS) is 16.3. The number of rotatable bonds is 4. The number of fused-ring (bicyclic) bond motifs is 1. The molecule has 1 aromatic carbocycles. The van der Waals surface area contributed by atoms with Gasteiger partial charge in [-0.2, -0.15) is 5.26 Å². The standard InChI is InChI=1S/C20H20N2O2S/c1-13-7-9-15-16(12-21)20(25-18(15)11-13)22-19(23)10-8-14-5-3-4-6-17(14)24-2/h3-6,8,10,13H,7,9,11H2,1-2H3,(H,22,23)/b10-8+/t13-/m1/s1. The highest BCUT2D eigenvalue weighted by Crippen LogP contribution is 2.39. The maximum atomic E-state index is 12.3. The van der Waals surface area contributed by atoms with E-state index >= 15 is 0 Å². The minimum Gasteiger partial charge on any atom is -0.496 e. The van der Waals surface area contributed by atoms with Crippen LogP contribution in [0.4, 0.5) is 5.00 Å². The minimum atomic E-state index is -0.242. The van der Waals surface area contributed by atoms with Crippen molar-refractivity contribution < 1.29 is 9.53 Å². The molecule has 4 nitrogen and oxygen atoms in total. The number of nitrogens with one attached hydrogen (secondary N) is 1. The summed E-state index contributed by atoms with van der Waals surface area (Å²) in [6, 6.07) is 9.77. The molecule has 1 heterocycles. The number of hydrogen-bond donors (Lipinski definition) is 1. The molecular formula is C20H20N2O2S. The molecule has 3 rings (SSSR count). The van der Waals surface area contributed by atoms with Gasteiger partial charge in [-0.25, -0.2) is 0 Å². The Hall–Kier alpha value is -2.58. The van der Waals surface area contributed by atoms with E-state index in [-0.39, 0.29) is 5.91 Å². The maximum Gasteiger partial charge on any atom is 0.249 e. The van der Waals surface area contributed by atoms with Crippen molar-refractivity contribution in [2.24, 2.45) is 5.92 Å². The first-order valence-electron chi connectivity index (χ1n) is 8.29. The summed E-state index contributed by atoms with van der Waals surface area (Å²) < 4.78 is 5.27. The number of benzene rings is 1. The highest BCUT2D eigenvalue weighted by Gasteiger charge is 2.24. The van der Waals surface area contributed by atoms with Crippen LogP contribution in [0.15, 0.2) is 30.3 Å². The first-order chi connectivity index (χ1) is 12.1. The maximum absolute atomic E-state index is 12.3. The zero-order chi connectivity index (χ0) is 17.8. The second kappa shape index (κ2) is 7.54. The van der Waals surface area contributed by atoms with Crippen LogP contribution in [0.25, 0.3) is 6.08 Å². The van der Waals surface area contributed by atoms with Crippen LogP contribution in [0.3, 0.4) is 0 Å². The number of carbonyl (C=O) groups is 1. The zero-order valence-corrected chi connectivity index (χ0v) is 15.2. The van der Waals surface area contributed by atoms with Gasteiger partial charge in [0.05, 0.1) is 12.7 Å². The number of para-hydroxylation sites is 1. The fourth-order valence-corrected chi connectivity index (χ4v) is 4.44. The lowest BCUT2D eigenvalue weighted by molar-refractivity contribution is -0.111. The van der Waals surface area contributed by atoms with Gasteiger partial charge in [0.25, 0.3) is 0 Å². The average molecular weight is 352 g/mol. The van der Waals surface area contributed by atoms with E-state index in [2.05, 4.69) is 18.3 Å². The van der Waals surface area contributed by atoms with Gasteiger partial charge in [0.2, 0.25) is 5.91 Å². The van der Waals surface area contributed by atoms with Crippen LogP contribution < -0.4 is 10.1 Å². The van der Waals surface area contributed by atoms with E-state index in [1.807, 2.05) is 24.3 Å². The Morgan fingerprint density at radius 1 is 1.44 bits per heavy atom. The number of nitrogens with zero attached hydrogens (tertiary/aromatic N) is 1. The summed E-state index contributed by atoms with van der Waals surface area (Å²) in [6.45, 7) is 2.23. The third-order valence-corrected chi connectivity index (χ3v) is 5.58. The van der Waals surface area contributed by atoms with Gasteiger partial charge in [-0.05, 0) is 42.9 Å². The molecule has 0 spiro atoms. The first kappa shape index (κ1) is 17.2. The Kier molecular flexibility index (Phi) is 5.20. The summed E-state index contributed by atoms with van der Waals surface area (Å²) >= 11 is 1.53. The third-order valence-electron chi connectivity index (χ3n) is 4.41. The van der Waals surface area contributed by atoms with Gasteiger partial charge in [0.15, 0.2) is 0 Å². The highest BCUT2D eigenvalue weighted by atomic mass is 32.1. The second-order valence-electron chi connectivity index (χ2n) is 6.23. The third kappa shape index (κ3) is 3.75. The van der Waals surface area contributed by atoms with Crippen LogP contribution in [0.2, 0.25) is 0 Å². The molecule has 0 saturated carbocycles. The molecule has 25 heavy (non-hydrogen) atoms. The number of methoxy groups -OCH3 is 1. The molecule has 0 bridgehead atoms. The zero-order valence-electron chi connectivity index (χ0n) is 14.3. The molecule has 0 radical (unpaired) electrons. The van der Waals surface area contributed by atoms with Crippen molar-refractivity contribution in [2.45, 2.75) is 26.2 Å². The lowest BCUT2D eigenvalue weighted by Gasteiger charge is -2.17. The van der Waals surface area contributed by atoms with Gasteiger partial charge in [-0.15, -0.1) is 11.3 Å². The largest absolute Gasteiger partial charge is 0.496 e. The molecule has 2 aromatic rings. The summed E-state index contributed by atoms with van der Waals surface area (Å²) in [7, 11) is 1.60. The van der Waals surface area contributed by atoms with Crippen LogP contribution in [-0.2, 0) is 17.6 Å². The Morgan fingerprint density at radius 2 is 2.24 bits per heavy atom. The molecule has 1 aliphatic carbocycles. The number of ether oxygens (including phenoxy) is 1. The summed E-state index contributed by atoms with van der Waals surface area (Å²) in [5.41, 5.74) is 2.58. The van der Waals surface area contributed by atoms with Crippen LogP contribution in [0.5, 0.6) is 5.75 Å². The van der Waals surface area contributed by atoms with Gasteiger partial charge in [-0.3, -0.25) is 4.79 Å². The van der Waals surface area contributed by atoms with Crippen molar-refractivity contribution in [3.05, 3.63) is 51.9 Å².